The quantitative estimate of drug-likeness (QED) is 0.660. The van der Waals surface area contributed by atoms with Gasteiger partial charge < -0.3 is 9.64 Å². The molecule has 0 aromatic heterocycles. The van der Waals surface area contributed by atoms with Gasteiger partial charge in [-0.15, -0.1) is 0 Å². The summed E-state index contributed by atoms with van der Waals surface area (Å²) in [6, 6.07) is 13.4. The highest BCUT2D eigenvalue weighted by molar-refractivity contribution is 6.45. The Labute approximate surface area is 184 Å². The summed E-state index contributed by atoms with van der Waals surface area (Å²) in [5, 5.41) is 0. The first kappa shape index (κ1) is 21.2. The number of benzene rings is 2. The molecule has 0 saturated carbocycles. The van der Waals surface area contributed by atoms with Crippen LogP contribution in [0.3, 0.4) is 0 Å². The maximum atomic E-state index is 13.7. The SMILES string of the molecule is CCOc1ccc(C2=C(N3CCC(C)CC3)C(=O)N(c3cc(C)ccc3C)C2=O)cc1. The molecule has 0 bridgehead atoms. The van der Waals surface area contributed by atoms with Gasteiger partial charge in [-0.2, -0.15) is 0 Å². The second kappa shape index (κ2) is 8.58. The number of aryl methyl sites for hydroxylation is 2. The lowest BCUT2D eigenvalue weighted by molar-refractivity contribution is -0.120. The van der Waals surface area contributed by atoms with Gasteiger partial charge in [-0.3, -0.25) is 9.59 Å². The van der Waals surface area contributed by atoms with E-state index in [0.717, 1.165) is 48.4 Å². The summed E-state index contributed by atoms with van der Waals surface area (Å²) < 4.78 is 5.56. The van der Waals surface area contributed by atoms with Gasteiger partial charge in [-0.05, 0) is 74.4 Å². The van der Waals surface area contributed by atoms with Crippen LogP contribution in [-0.4, -0.2) is 36.4 Å². The average molecular weight is 419 g/mol. The highest BCUT2D eigenvalue weighted by Gasteiger charge is 2.43. The lowest BCUT2D eigenvalue weighted by atomic mass is 9.97. The molecule has 162 valence electrons. The van der Waals surface area contributed by atoms with Crippen LogP contribution in [0, 0.1) is 19.8 Å². The number of anilines is 1. The molecule has 2 aromatic carbocycles. The molecule has 0 radical (unpaired) electrons. The van der Waals surface area contributed by atoms with Crippen LogP contribution in [0.5, 0.6) is 5.75 Å². The highest BCUT2D eigenvalue weighted by Crippen LogP contribution is 2.38. The summed E-state index contributed by atoms with van der Waals surface area (Å²) in [5.74, 6) is 0.907. The topological polar surface area (TPSA) is 49.9 Å². The maximum absolute atomic E-state index is 13.7. The smallest absolute Gasteiger partial charge is 0.282 e. The van der Waals surface area contributed by atoms with E-state index in [9.17, 15) is 9.59 Å². The molecule has 0 spiro atoms. The van der Waals surface area contributed by atoms with Gasteiger partial charge in [-0.1, -0.05) is 31.2 Å². The maximum Gasteiger partial charge on any atom is 0.282 e. The fraction of sp³-hybridized carbons (Fsp3) is 0.385. The number of carbonyl (C=O) groups excluding carboxylic acids is 2. The van der Waals surface area contributed by atoms with E-state index in [1.54, 1.807) is 0 Å². The van der Waals surface area contributed by atoms with Gasteiger partial charge in [0.05, 0.1) is 17.9 Å². The van der Waals surface area contributed by atoms with Gasteiger partial charge in [0.25, 0.3) is 11.8 Å². The third-order valence-corrected chi connectivity index (χ3v) is 6.22. The van der Waals surface area contributed by atoms with Crippen molar-refractivity contribution in [1.82, 2.24) is 4.90 Å². The molecule has 2 heterocycles. The monoisotopic (exact) mass is 418 g/mol. The van der Waals surface area contributed by atoms with E-state index in [4.69, 9.17) is 4.74 Å². The van der Waals surface area contributed by atoms with Crippen molar-refractivity contribution in [2.24, 2.45) is 5.92 Å². The van der Waals surface area contributed by atoms with E-state index >= 15 is 0 Å². The normalized spacial score (nSPS) is 17.7. The van der Waals surface area contributed by atoms with E-state index in [2.05, 4.69) is 11.8 Å². The molecule has 5 nitrogen and oxygen atoms in total. The summed E-state index contributed by atoms with van der Waals surface area (Å²) in [7, 11) is 0. The minimum Gasteiger partial charge on any atom is -0.494 e. The molecule has 1 fully saturated rings. The Hall–Kier alpha value is -3.08. The molecule has 31 heavy (non-hydrogen) atoms. The zero-order chi connectivity index (χ0) is 22.1. The van der Waals surface area contributed by atoms with Crippen molar-refractivity contribution in [2.45, 2.75) is 40.5 Å². The van der Waals surface area contributed by atoms with E-state index < -0.39 is 0 Å². The van der Waals surface area contributed by atoms with Crippen molar-refractivity contribution in [3.05, 3.63) is 64.9 Å². The number of rotatable bonds is 5. The van der Waals surface area contributed by atoms with Crippen molar-refractivity contribution < 1.29 is 14.3 Å². The molecule has 2 amide bonds. The van der Waals surface area contributed by atoms with Crippen LogP contribution >= 0.6 is 0 Å². The number of nitrogens with zero attached hydrogens (tertiary/aromatic N) is 2. The van der Waals surface area contributed by atoms with Crippen LogP contribution in [0.4, 0.5) is 5.69 Å². The molecule has 2 aliphatic rings. The zero-order valence-electron chi connectivity index (χ0n) is 18.8. The van der Waals surface area contributed by atoms with Gasteiger partial charge in [-0.25, -0.2) is 4.90 Å². The molecular formula is C26H30N2O3. The van der Waals surface area contributed by atoms with E-state index in [0.29, 0.717) is 29.5 Å². The van der Waals surface area contributed by atoms with Gasteiger partial charge in [0.1, 0.15) is 11.4 Å². The molecule has 2 aromatic rings. The predicted octanol–water partition coefficient (Wildman–Crippen LogP) is 4.72. The average Bonchev–Trinajstić information content (AvgIpc) is 3.01. The molecule has 0 atom stereocenters. The van der Waals surface area contributed by atoms with Gasteiger partial charge >= 0.3 is 0 Å². The molecular weight excluding hydrogens is 388 g/mol. The van der Waals surface area contributed by atoms with Crippen LogP contribution in [0.25, 0.3) is 5.57 Å². The van der Waals surface area contributed by atoms with Crippen LogP contribution < -0.4 is 9.64 Å². The second-order valence-electron chi connectivity index (χ2n) is 8.59. The third kappa shape index (κ3) is 3.97. The Morgan fingerprint density at radius 3 is 2.29 bits per heavy atom. The molecule has 0 unspecified atom stereocenters. The van der Waals surface area contributed by atoms with Crippen LogP contribution in [0.2, 0.25) is 0 Å². The molecule has 0 N–H and O–H groups in total. The predicted molar refractivity (Wildman–Crippen MR) is 123 cm³/mol. The Balaban J connectivity index is 1.80. The van der Waals surface area contributed by atoms with E-state index in [-0.39, 0.29) is 11.8 Å². The Kier molecular flexibility index (Phi) is 5.86. The van der Waals surface area contributed by atoms with Gasteiger partial charge in [0.2, 0.25) is 0 Å². The largest absolute Gasteiger partial charge is 0.494 e. The lowest BCUT2D eigenvalue weighted by Crippen LogP contribution is -2.38. The molecule has 5 heteroatoms. The first-order valence-electron chi connectivity index (χ1n) is 11.1. The summed E-state index contributed by atoms with van der Waals surface area (Å²) in [6.45, 7) is 10.2. The number of amides is 2. The number of hydrogen-bond donors (Lipinski definition) is 0. The van der Waals surface area contributed by atoms with Gasteiger partial charge in [0, 0.05) is 13.1 Å². The van der Waals surface area contributed by atoms with E-state index in [1.165, 1.54) is 4.90 Å². The third-order valence-electron chi connectivity index (χ3n) is 6.22. The van der Waals surface area contributed by atoms with Crippen LogP contribution in [0.1, 0.15) is 43.4 Å². The Bertz CT molecular complexity index is 1030. The number of hydrogen-bond acceptors (Lipinski definition) is 4. The summed E-state index contributed by atoms with van der Waals surface area (Å²) in [6.07, 6.45) is 2.04. The van der Waals surface area contributed by atoms with Crippen molar-refractivity contribution >= 4 is 23.1 Å². The van der Waals surface area contributed by atoms with Crippen molar-refractivity contribution in [3.8, 4) is 5.75 Å². The number of piperidine rings is 1. The van der Waals surface area contributed by atoms with Crippen molar-refractivity contribution in [1.29, 1.82) is 0 Å². The number of likely N-dealkylation sites (tertiary alicyclic amines) is 1. The molecule has 0 aliphatic carbocycles. The second-order valence-corrected chi connectivity index (χ2v) is 8.59. The first-order valence-corrected chi connectivity index (χ1v) is 11.1. The van der Waals surface area contributed by atoms with Crippen LogP contribution in [-0.2, 0) is 9.59 Å². The van der Waals surface area contributed by atoms with Crippen molar-refractivity contribution in [2.75, 3.05) is 24.6 Å². The number of ether oxygens (including phenoxy) is 1. The summed E-state index contributed by atoms with van der Waals surface area (Å²) in [5.41, 5.74) is 4.36. The highest BCUT2D eigenvalue weighted by atomic mass is 16.5. The molecule has 2 aliphatic heterocycles. The Morgan fingerprint density at radius 1 is 0.968 bits per heavy atom. The summed E-state index contributed by atoms with van der Waals surface area (Å²) >= 11 is 0. The van der Waals surface area contributed by atoms with E-state index in [1.807, 2.05) is 63.2 Å². The number of carbonyl (C=O) groups is 2. The fourth-order valence-corrected chi connectivity index (χ4v) is 4.37. The number of imide groups is 1. The lowest BCUT2D eigenvalue weighted by Gasteiger charge is -2.32. The Morgan fingerprint density at radius 2 is 1.65 bits per heavy atom. The standard InChI is InChI=1S/C26H30N2O3/c1-5-31-21-10-8-20(9-11-21)23-24(27-14-12-17(2)13-15-27)26(30)28(25(23)29)22-16-18(3)6-7-19(22)4/h6-11,16-17H,5,12-15H2,1-4H3. The minimum absolute atomic E-state index is 0.225. The van der Waals surface area contributed by atoms with Crippen LogP contribution in [0.15, 0.2) is 48.2 Å². The van der Waals surface area contributed by atoms with Crippen molar-refractivity contribution in [3.63, 3.8) is 0 Å². The van der Waals surface area contributed by atoms with Gasteiger partial charge in [0.15, 0.2) is 0 Å². The summed E-state index contributed by atoms with van der Waals surface area (Å²) in [4.78, 5) is 30.9. The zero-order valence-corrected chi connectivity index (χ0v) is 18.8. The molecule has 4 rings (SSSR count). The first-order chi connectivity index (χ1) is 14.9. The minimum atomic E-state index is -0.253. The fourth-order valence-electron chi connectivity index (χ4n) is 4.37. The molecule has 1 saturated heterocycles.